The van der Waals surface area contributed by atoms with Gasteiger partial charge < -0.3 is 23.7 Å². The highest BCUT2D eigenvalue weighted by atomic mass is 16.5. The van der Waals surface area contributed by atoms with Crippen molar-refractivity contribution in [1.82, 2.24) is 0 Å². The SMILES string of the molecule is C=CC(=O)OCCCCOc1cc(OC(=O)c2ccc(OCCCC)cc2)ccc1N=Nc1ccc(OCCCC)cc1. The lowest BCUT2D eigenvalue weighted by molar-refractivity contribution is -0.137. The first-order valence-electron chi connectivity index (χ1n) is 14.7. The molecular weight excluding hydrogens is 548 g/mol. The lowest BCUT2D eigenvalue weighted by Gasteiger charge is -2.11. The Morgan fingerprint density at radius 2 is 1.28 bits per heavy atom. The zero-order valence-corrected chi connectivity index (χ0v) is 25.0. The van der Waals surface area contributed by atoms with Crippen LogP contribution in [0.15, 0.2) is 89.6 Å². The topological polar surface area (TPSA) is 105 Å². The van der Waals surface area contributed by atoms with Gasteiger partial charge in [-0.05, 0) is 86.3 Å². The van der Waals surface area contributed by atoms with Gasteiger partial charge in [0.05, 0.1) is 37.7 Å². The highest BCUT2D eigenvalue weighted by Crippen LogP contribution is 2.34. The van der Waals surface area contributed by atoms with Crippen LogP contribution in [0, 0.1) is 0 Å². The Morgan fingerprint density at radius 1 is 0.698 bits per heavy atom. The van der Waals surface area contributed by atoms with E-state index in [-0.39, 0.29) is 6.61 Å². The van der Waals surface area contributed by atoms with Crippen LogP contribution in [0.25, 0.3) is 0 Å². The molecular formula is C34H40N2O7. The number of hydrogen-bond donors (Lipinski definition) is 0. The van der Waals surface area contributed by atoms with Crippen molar-refractivity contribution in [2.75, 3.05) is 26.4 Å². The molecule has 0 bridgehead atoms. The minimum absolute atomic E-state index is 0.263. The summed E-state index contributed by atoms with van der Waals surface area (Å²) < 4.78 is 28.0. The molecule has 228 valence electrons. The van der Waals surface area contributed by atoms with Gasteiger partial charge in [-0.25, -0.2) is 9.59 Å². The minimum Gasteiger partial charge on any atom is -0.494 e. The quantitative estimate of drug-likeness (QED) is 0.0454. The Labute approximate surface area is 253 Å². The second kappa shape index (κ2) is 18.7. The molecule has 0 heterocycles. The van der Waals surface area contributed by atoms with Crippen LogP contribution in [0.4, 0.5) is 11.4 Å². The van der Waals surface area contributed by atoms with Gasteiger partial charge in [0, 0.05) is 12.1 Å². The van der Waals surface area contributed by atoms with Crippen molar-refractivity contribution < 1.29 is 33.3 Å². The van der Waals surface area contributed by atoms with E-state index in [4.69, 9.17) is 23.7 Å². The molecule has 0 aliphatic carbocycles. The maximum atomic E-state index is 12.8. The van der Waals surface area contributed by atoms with Gasteiger partial charge >= 0.3 is 11.9 Å². The largest absolute Gasteiger partial charge is 0.494 e. The number of carbonyl (C=O) groups excluding carboxylic acids is 2. The van der Waals surface area contributed by atoms with E-state index in [0.717, 1.165) is 37.5 Å². The summed E-state index contributed by atoms with van der Waals surface area (Å²) in [7, 11) is 0. The summed E-state index contributed by atoms with van der Waals surface area (Å²) in [6.07, 6.45) is 6.43. The molecule has 0 saturated carbocycles. The van der Waals surface area contributed by atoms with Crippen LogP contribution in [-0.4, -0.2) is 38.4 Å². The molecule has 0 radical (unpaired) electrons. The minimum atomic E-state index is -0.509. The number of rotatable bonds is 19. The monoisotopic (exact) mass is 588 g/mol. The van der Waals surface area contributed by atoms with Crippen LogP contribution < -0.4 is 18.9 Å². The first-order chi connectivity index (χ1) is 21.0. The number of azo groups is 1. The average molecular weight is 589 g/mol. The zero-order valence-electron chi connectivity index (χ0n) is 25.0. The van der Waals surface area contributed by atoms with Crippen LogP contribution >= 0.6 is 0 Å². The van der Waals surface area contributed by atoms with Crippen LogP contribution in [0.2, 0.25) is 0 Å². The Bertz CT molecular complexity index is 1320. The molecule has 0 aromatic heterocycles. The Balaban J connectivity index is 1.67. The van der Waals surface area contributed by atoms with E-state index in [9.17, 15) is 9.59 Å². The molecule has 0 aliphatic rings. The van der Waals surface area contributed by atoms with Gasteiger partial charge in [-0.2, -0.15) is 5.11 Å². The number of esters is 2. The summed E-state index contributed by atoms with van der Waals surface area (Å²) in [5.74, 6) is 1.21. The van der Waals surface area contributed by atoms with Gasteiger partial charge in [0.25, 0.3) is 0 Å². The maximum Gasteiger partial charge on any atom is 0.343 e. The van der Waals surface area contributed by atoms with Gasteiger partial charge in [0.1, 0.15) is 22.9 Å². The fourth-order valence-electron chi connectivity index (χ4n) is 3.62. The van der Waals surface area contributed by atoms with Crippen molar-refractivity contribution in [2.45, 2.75) is 52.4 Å². The van der Waals surface area contributed by atoms with E-state index in [0.29, 0.717) is 66.8 Å². The van der Waals surface area contributed by atoms with Gasteiger partial charge in [-0.15, -0.1) is 5.11 Å². The van der Waals surface area contributed by atoms with E-state index in [2.05, 4.69) is 30.7 Å². The summed E-state index contributed by atoms with van der Waals surface area (Å²) in [6.45, 7) is 9.49. The lowest BCUT2D eigenvalue weighted by atomic mass is 10.2. The third-order valence-corrected chi connectivity index (χ3v) is 6.08. The molecule has 9 heteroatoms. The predicted octanol–water partition coefficient (Wildman–Crippen LogP) is 8.57. The van der Waals surface area contributed by atoms with E-state index in [1.165, 1.54) is 0 Å². The number of ether oxygens (including phenoxy) is 5. The normalized spacial score (nSPS) is 10.7. The molecule has 3 rings (SSSR count). The van der Waals surface area contributed by atoms with Gasteiger partial charge in [0.15, 0.2) is 5.75 Å². The van der Waals surface area contributed by atoms with Gasteiger partial charge in [0.2, 0.25) is 0 Å². The van der Waals surface area contributed by atoms with Crippen LogP contribution in [0.1, 0.15) is 62.7 Å². The van der Waals surface area contributed by atoms with Crippen LogP contribution in [0.3, 0.4) is 0 Å². The summed E-state index contributed by atoms with van der Waals surface area (Å²) in [5.41, 5.74) is 1.51. The molecule has 0 spiro atoms. The fourth-order valence-corrected chi connectivity index (χ4v) is 3.62. The van der Waals surface area contributed by atoms with E-state index < -0.39 is 11.9 Å². The molecule has 0 saturated heterocycles. The summed E-state index contributed by atoms with van der Waals surface area (Å²) in [4.78, 5) is 24.0. The number of hydrogen-bond acceptors (Lipinski definition) is 9. The second-order valence-electron chi connectivity index (χ2n) is 9.57. The number of unbranched alkanes of at least 4 members (excludes halogenated alkanes) is 3. The van der Waals surface area contributed by atoms with Crippen molar-refractivity contribution >= 4 is 23.3 Å². The van der Waals surface area contributed by atoms with Crippen molar-refractivity contribution in [3.05, 3.63) is 84.9 Å². The molecule has 0 aliphatic heterocycles. The van der Waals surface area contributed by atoms with E-state index >= 15 is 0 Å². The first-order valence-corrected chi connectivity index (χ1v) is 14.7. The Kier molecular flexibility index (Phi) is 14.3. The van der Waals surface area contributed by atoms with E-state index in [1.807, 2.05) is 24.3 Å². The average Bonchev–Trinajstić information content (AvgIpc) is 3.03. The smallest absolute Gasteiger partial charge is 0.343 e. The van der Waals surface area contributed by atoms with Crippen molar-refractivity contribution in [1.29, 1.82) is 0 Å². The summed E-state index contributed by atoms with van der Waals surface area (Å²) >= 11 is 0. The number of benzene rings is 3. The third-order valence-electron chi connectivity index (χ3n) is 6.08. The number of carbonyl (C=O) groups is 2. The predicted molar refractivity (Wildman–Crippen MR) is 165 cm³/mol. The highest BCUT2D eigenvalue weighted by molar-refractivity contribution is 5.91. The Hall–Kier alpha value is -4.66. The highest BCUT2D eigenvalue weighted by Gasteiger charge is 2.12. The van der Waals surface area contributed by atoms with Gasteiger partial charge in [-0.3, -0.25) is 0 Å². The maximum absolute atomic E-state index is 12.8. The van der Waals surface area contributed by atoms with Gasteiger partial charge in [-0.1, -0.05) is 33.3 Å². The van der Waals surface area contributed by atoms with Crippen molar-refractivity contribution in [3.63, 3.8) is 0 Å². The molecule has 0 fully saturated rings. The molecule has 0 unspecified atom stereocenters. The second-order valence-corrected chi connectivity index (χ2v) is 9.57. The lowest BCUT2D eigenvalue weighted by Crippen LogP contribution is -2.09. The summed E-state index contributed by atoms with van der Waals surface area (Å²) in [6, 6.07) is 19.1. The number of nitrogens with zero attached hydrogens (tertiary/aromatic N) is 2. The van der Waals surface area contributed by atoms with Crippen molar-refractivity contribution in [3.8, 4) is 23.0 Å². The zero-order chi connectivity index (χ0) is 30.7. The molecule has 0 N–H and O–H groups in total. The summed E-state index contributed by atoms with van der Waals surface area (Å²) in [5, 5.41) is 8.71. The Morgan fingerprint density at radius 3 is 1.91 bits per heavy atom. The molecule has 9 nitrogen and oxygen atoms in total. The fraction of sp³-hybridized carbons (Fsp3) is 0.353. The molecule has 0 atom stereocenters. The first kappa shape index (κ1) is 32.8. The van der Waals surface area contributed by atoms with Crippen molar-refractivity contribution in [2.24, 2.45) is 10.2 Å². The van der Waals surface area contributed by atoms with Crippen LogP contribution in [0.5, 0.6) is 23.0 Å². The van der Waals surface area contributed by atoms with Crippen LogP contribution in [-0.2, 0) is 9.53 Å². The standard InChI is InChI=1S/C34H40N2O7/c1-4-7-21-39-28-15-11-26(12-16-28)34(38)43-30-19-20-31(32(25-30)41-23-9-10-24-42-33(37)6-3)36-35-27-13-17-29(18-14-27)40-22-8-5-2/h6,11-20,25H,3-5,7-10,21-24H2,1-2H3. The molecule has 0 amide bonds. The van der Waals surface area contributed by atoms with E-state index in [1.54, 1.807) is 42.5 Å². The molecule has 3 aromatic carbocycles. The third kappa shape index (κ3) is 12.0. The molecule has 3 aromatic rings. The molecule has 43 heavy (non-hydrogen) atoms.